The molecule has 0 amide bonds. The average molecular weight is 1310 g/mol. The quantitative estimate of drug-likeness (QED) is 0.0357. The highest BCUT2D eigenvalue weighted by atomic mass is 32.3. The van der Waals surface area contributed by atoms with Crippen LogP contribution in [0.25, 0.3) is 70.2 Å². The minimum Gasteiger partial charge on any atom is -0.182 e. The first-order chi connectivity index (χ1) is 41.8. The summed E-state index contributed by atoms with van der Waals surface area (Å²) < 4.78 is 16.9. The van der Waals surface area contributed by atoms with Crippen LogP contribution in [0.4, 0.5) is 0 Å². The molecular weight excluding hydrogens is 1200 g/mol. The summed E-state index contributed by atoms with van der Waals surface area (Å²) in [6.07, 6.45) is 49.6. The molecule has 474 valence electrons. The minimum absolute atomic E-state index is 0.123. The third kappa shape index (κ3) is 16.8. The summed E-state index contributed by atoms with van der Waals surface area (Å²) in [6.45, 7) is 24.0. The number of hydrogen-bond donors (Lipinski definition) is 0. The Morgan fingerprint density at radius 1 is 0.337 bits per heavy atom. The van der Waals surface area contributed by atoms with Crippen LogP contribution in [0.1, 0.15) is 308 Å². The van der Waals surface area contributed by atoms with Crippen molar-refractivity contribution in [3.05, 3.63) is 57.3 Å². The van der Waals surface area contributed by atoms with Crippen molar-refractivity contribution in [3.8, 4) is 40.4 Å². The van der Waals surface area contributed by atoms with E-state index in [2.05, 4.69) is 151 Å². The third-order valence-electron chi connectivity index (χ3n) is 18.7. The van der Waals surface area contributed by atoms with Crippen LogP contribution in [0.2, 0.25) is 0 Å². The maximum absolute atomic E-state index is 5.05. The van der Waals surface area contributed by atoms with Crippen LogP contribution in [0, 0.1) is 0 Å². The maximum Gasteiger partial charge on any atom is 0.114 e. The predicted octanol–water partition coefficient (Wildman–Crippen LogP) is 29.6. The zero-order valence-electron chi connectivity index (χ0n) is 55.5. The van der Waals surface area contributed by atoms with Crippen LogP contribution in [-0.4, -0.2) is 20.3 Å². The molecule has 10 heteroatoms. The molecule has 86 heavy (non-hydrogen) atoms. The van der Waals surface area contributed by atoms with E-state index >= 15 is 0 Å². The van der Waals surface area contributed by atoms with Crippen LogP contribution in [-0.2, 0) is 23.7 Å². The molecule has 0 saturated heterocycles. The second kappa shape index (κ2) is 33.6. The average Bonchev–Trinajstić information content (AvgIpc) is 1.55. The minimum atomic E-state index is -1.32. The number of benzene rings is 1. The summed E-state index contributed by atoms with van der Waals surface area (Å²) >= 11 is 14.4. The molecule has 0 aliphatic carbocycles. The van der Waals surface area contributed by atoms with E-state index in [-0.39, 0.29) is 10.8 Å². The van der Waals surface area contributed by atoms with Crippen molar-refractivity contribution in [2.45, 2.75) is 321 Å². The van der Waals surface area contributed by atoms with Gasteiger partial charge < -0.3 is 0 Å². The molecule has 7 aromatic heterocycles. The van der Waals surface area contributed by atoms with Gasteiger partial charge in [-0.25, -0.2) is 0 Å². The van der Waals surface area contributed by atoms with Crippen molar-refractivity contribution in [1.29, 1.82) is 0 Å². The lowest BCUT2D eigenvalue weighted by Crippen LogP contribution is -2.11. The van der Waals surface area contributed by atoms with E-state index in [9.17, 15) is 0 Å². The highest BCUT2D eigenvalue weighted by Gasteiger charge is 2.46. The van der Waals surface area contributed by atoms with Crippen molar-refractivity contribution in [2.75, 3.05) is 11.5 Å². The molecule has 1 aliphatic rings. The predicted molar refractivity (Wildman–Crippen MR) is 400 cm³/mol. The van der Waals surface area contributed by atoms with Crippen LogP contribution in [0.15, 0.2) is 46.2 Å². The second-order valence-electron chi connectivity index (χ2n) is 28.0. The monoisotopic (exact) mass is 1310 g/mol. The summed E-state index contributed by atoms with van der Waals surface area (Å²) in [5.74, 6) is 2.76. The lowest BCUT2D eigenvalue weighted by Gasteiger charge is -2.38. The van der Waals surface area contributed by atoms with Gasteiger partial charge in [-0.1, -0.05) is 274 Å². The fraction of sp³-hybridized carbons (Fsp3) is 0.658. The first kappa shape index (κ1) is 68.5. The van der Waals surface area contributed by atoms with Gasteiger partial charge in [-0.15, -0.1) is 68.0 Å². The Balaban J connectivity index is 1.10. The van der Waals surface area contributed by atoms with E-state index in [1.807, 2.05) is 32.5 Å². The summed E-state index contributed by atoms with van der Waals surface area (Å²) in [7, 11) is -1.32. The Bertz CT molecular complexity index is 3270. The van der Waals surface area contributed by atoms with Gasteiger partial charge in [0.25, 0.3) is 0 Å². The van der Waals surface area contributed by atoms with Crippen molar-refractivity contribution >= 4 is 120 Å². The molecule has 2 nitrogen and oxygen atoms in total. The fourth-order valence-electron chi connectivity index (χ4n) is 13.7. The van der Waals surface area contributed by atoms with Crippen LogP contribution < -0.4 is 0 Å². The SMILES string of the molecule is CCCCCCCCCCCCCc1c(-c2ccc(-c3ccc(-c4ccc(C(C)(C)C)s4)c4nsnc34)s2)sc2c3c(sc12)-c1sc2c(CCCCCCCCCCCCC)c(C(C)(C)C)sc2c1S3(CCCCCCCC)CCCCCCCC. The molecule has 0 bridgehead atoms. The number of thiophene rings is 6. The molecule has 0 atom stereocenters. The number of aryl methyl sites for hydroxylation is 2. The summed E-state index contributed by atoms with van der Waals surface area (Å²) in [4.78, 5) is 15.9. The van der Waals surface area contributed by atoms with Gasteiger partial charge in [-0.05, 0) is 96.3 Å². The Hall–Kier alpha value is -1.89. The Kier molecular flexibility index (Phi) is 26.8. The van der Waals surface area contributed by atoms with Crippen LogP contribution in [0.5, 0.6) is 0 Å². The number of rotatable bonds is 41. The lowest BCUT2D eigenvalue weighted by molar-refractivity contribution is 0.548. The molecule has 8 aromatic rings. The second-order valence-corrected chi connectivity index (χ2v) is 38.2. The number of nitrogens with zero attached hydrogens (tertiary/aromatic N) is 2. The largest absolute Gasteiger partial charge is 0.182 e. The molecule has 9 rings (SSSR count). The first-order valence-corrected chi connectivity index (χ1v) is 42.9. The highest BCUT2D eigenvalue weighted by molar-refractivity contribution is 8.34. The normalized spacial score (nSPS) is 13.8. The van der Waals surface area contributed by atoms with E-state index in [1.54, 1.807) is 49.4 Å². The third-order valence-corrected chi connectivity index (χ3v) is 32.8. The summed E-state index contributed by atoms with van der Waals surface area (Å²) in [5.41, 5.74) is 8.24. The Labute approximate surface area is 553 Å². The number of hydrogen-bond acceptors (Lipinski definition) is 9. The van der Waals surface area contributed by atoms with Crippen molar-refractivity contribution in [2.24, 2.45) is 0 Å². The zero-order valence-corrected chi connectivity index (χ0v) is 62.0. The summed E-state index contributed by atoms with van der Waals surface area (Å²) in [5, 5.41) is 0. The maximum atomic E-state index is 5.05. The van der Waals surface area contributed by atoms with E-state index in [4.69, 9.17) is 8.75 Å². The molecule has 1 aliphatic heterocycles. The molecule has 0 spiro atoms. The van der Waals surface area contributed by atoms with E-state index in [0.717, 1.165) is 11.0 Å². The summed E-state index contributed by atoms with van der Waals surface area (Å²) in [6, 6.07) is 14.2. The molecular formula is C76H112N2S8. The van der Waals surface area contributed by atoms with Gasteiger partial charge in [-0.2, -0.15) is 18.8 Å². The molecule has 1 aromatic carbocycles. The highest BCUT2D eigenvalue weighted by Crippen LogP contribution is 2.80. The van der Waals surface area contributed by atoms with Crippen molar-refractivity contribution < 1.29 is 0 Å². The van der Waals surface area contributed by atoms with Gasteiger partial charge in [-0.3, -0.25) is 0 Å². The fourth-order valence-corrected chi connectivity index (χ4v) is 29.4. The molecule has 8 heterocycles. The van der Waals surface area contributed by atoms with Gasteiger partial charge in [0, 0.05) is 50.2 Å². The standard InChI is InChI=1S/C76H112N2S8/c1-11-15-19-23-27-29-31-33-35-37-41-45-57-65(61-50-49-59(79-61)55-47-48-56(64-63(55)77-85-78-64)60-51-52-62(80-60)75(5,6)7)81-68-66(57)82-70-71-73(86(72(68)70,53-43-39-25-21-17-13-3)54-44-40-26-22-18-14-4)69-67(83-71)58(74(84-69)76(8,9)10)46-42-38-36-34-32-30-28-24-20-16-12-2/h47-52H,11-46,53-54H2,1-10H3. The Morgan fingerprint density at radius 3 is 1.15 bits per heavy atom. The number of unbranched alkanes of at least 4 members (excludes halogenated alkanes) is 30. The van der Waals surface area contributed by atoms with Crippen LogP contribution in [0.3, 0.4) is 0 Å². The topological polar surface area (TPSA) is 25.8 Å². The number of aromatic nitrogens is 2. The molecule has 0 radical (unpaired) electrons. The molecule has 0 unspecified atom stereocenters. The molecule has 0 saturated carbocycles. The van der Waals surface area contributed by atoms with Gasteiger partial charge in [0.05, 0.1) is 40.3 Å². The van der Waals surface area contributed by atoms with E-state index in [1.165, 1.54) is 285 Å². The first-order valence-electron chi connectivity index (χ1n) is 35.3. The molecule has 0 N–H and O–H groups in total. The molecule has 0 fully saturated rings. The van der Waals surface area contributed by atoms with Crippen molar-refractivity contribution in [3.63, 3.8) is 0 Å². The van der Waals surface area contributed by atoms with Gasteiger partial charge >= 0.3 is 0 Å². The van der Waals surface area contributed by atoms with E-state index < -0.39 is 10.0 Å². The van der Waals surface area contributed by atoms with Gasteiger partial charge in [0.15, 0.2) is 0 Å². The zero-order chi connectivity index (χ0) is 60.5. The Morgan fingerprint density at radius 2 is 0.709 bits per heavy atom. The van der Waals surface area contributed by atoms with Gasteiger partial charge in [0.2, 0.25) is 0 Å². The number of fused-ring (bicyclic) bond motifs is 8. The van der Waals surface area contributed by atoms with Crippen molar-refractivity contribution in [1.82, 2.24) is 8.75 Å². The van der Waals surface area contributed by atoms with E-state index in [0.29, 0.717) is 0 Å². The smallest absolute Gasteiger partial charge is 0.114 e. The van der Waals surface area contributed by atoms with Gasteiger partial charge in [0.1, 0.15) is 11.0 Å². The lowest BCUT2D eigenvalue weighted by atomic mass is 9.90. The van der Waals surface area contributed by atoms with Crippen LogP contribution >= 0.6 is 89.8 Å².